The van der Waals surface area contributed by atoms with Crippen LogP contribution in [0.5, 0.6) is 5.75 Å². The lowest BCUT2D eigenvalue weighted by Gasteiger charge is -2.29. The molecule has 0 bridgehead atoms. The number of likely N-dealkylation sites (N-methyl/N-ethyl adjacent to an activating group) is 1. The molecule has 2 aromatic rings. The highest BCUT2D eigenvalue weighted by molar-refractivity contribution is 5.87. The van der Waals surface area contributed by atoms with Gasteiger partial charge in [0.25, 0.3) is 5.91 Å². The van der Waals surface area contributed by atoms with Crippen LogP contribution in [0.15, 0.2) is 42.5 Å². The van der Waals surface area contributed by atoms with Gasteiger partial charge in [0.05, 0.1) is 0 Å². The summed E-state index contributed by atoms with van der Waals surface area (Å²) in [6.45, 7) is 10.4. The van der Waals surface area contributed by atoms with Gasteiger partial charge in [-0.25, -0.2) is 0 Å². The van der Waals surface area contributed by atoms with E-state index in [1.165, 1.54) is 5.56 Å². The summed E-state index contributed by atoms with van der Waals surface area (Å²) in [5.41, 5.74) is 4.37. The van der Waals surface area contributed by atoms with Gasteiger partial charge in [0.1, 0.15) is 11.8 Å². The third kappa shape index (κ3) is 5.59. The van der Waals surface area contributed by atoms with E-state index in [9.17, 15) is 9.59 Å². The molecule has 0 spiro atoms. The lowest BCUT2D eigenvalue weighted by molar-refractivity contribution is -0.142. The van der Waals surface area contributed by atoms with Gasteiger partial charge in [0.15, 0.2) is 6.61 Å². The van der Waals surface area contributed by atoms with Crippen LogP contribution in [0.25, 0.3) is 0 Å². The minimum atomic E-state index is -0.588. The summed E-state index contributed by atoms with van der Waals surface area (Å²) in [7, 11) is 0. The summed E-state index contributed by atoms with van der Waals surface area (Å²) in [5, 5.41) is 2.79. The van der Waals surface area contributed by atoms with Crippen molar-refractivity contribution in [3.63, 3.8) is 0 Å². The molecule has 0 aliphatic heterocycles. The van der Waals surface area contributed by atoms with E-state index in [1.807, 2.05) is 70.2 Å². The van der Waals surface area contributed by atoms with Crippen LogP contribution in [0.4, 0.5) is 0 Å². The summed E-state index contributed by atoms with van der Waals surface area (Å²) >= 11 is 0. The number of carbonyl (C=O) groups is 2. The maximum absolute atomic E-state index is 13.0. The average Bonchev–Trinajstić information content (AvgIpc) is 2.67. The summed E-state index contributed by atoms with van der Waals surface area (Å²) in [4.78, 5) is 26.9. The third-order valence-electron chi connectivity index (χ3n) is 4.96. The molecule has 0 aliphatic rings. The van der Waals surface area contributed by atoms with Crippen LogP contribution in [0.3, 0.4) is 0 Å². The zero-order valence-electron chi connectivity index (χ0n) is 17.4. The Morgan fingerprint density at radius 3 is 2.39 bits per heavy atom. The molecular weight excluding hydrogens is 352 g/mol. The number of rotatable bonds is 8. The second-order valence-corrected chi connectivity index (χ2v) is 7.05. The first-order chi connectivity index (χ1) is 13.3. The fourth-order valence-corrected chi connectivity index (χ4v) is 2.91. The molecule has 5 nitrogen and oxygen atoms in total. The Morgan fingerprint density at radius 1 is 1.04 bits per heavy atom. The summed E-state index contributed by atoms with van der Waals surface area (Å²) in [6, 6.07) is 13.0. The molecule has 2 rings (SSSR count). The predicted octanol–water partition coefficient (Wildman–Crippen LogP) is 3.54. The Bertz CT molecular complexity index is 832. The van der Waals surface area contributed by atoms with Gasteiger partial charge in [0.2, 0.25) is 5.91 Å². The van der Waals surface area contributed by atoms with E-state index in [4.69, 9.17) is 4.74 Å². The van der Waals surface area contributed by atoms with Gasteiger partial charge in [-0.3, -0.25) is 9.59 Å². The fraction of sp³-hybridized carbons (Fsp3) is 0.391. The van der Waals surface area contributed by atoms with Crippen molar-refractivity contribution in [2.24, 2.45) is 0 Å². The largest absolute Gasteiger partial charge is 0.484 e. The van der Waals surface area contributed by atoms with Crippen LogP contribution in [-0.4, -0.2) is 35.9 Å². The molecule has 0 saturated carbocycles. The summed E-state index contributed by atoms with van der Waals surface area (Å²) in [6.07, 6.45) is 0. The SMILES string of the molecule is CCNC(=O)[C@@H](C)N(Cc1ccccc1C)C(=O)COc1ccc(C)c(C)c1. The molecule has 1 N–H and O–H groups in total. The molecule has 5 heteroatoms. The Labute approximate surface area is 167 Å². The summed E-state index contributed by atoms with van der Waals surface area (Å²) in [5.74, 6) is 0.258. The minimum absolute atomic E-state index is 0.113. The molecule has 28 heavy (non-hydrogen) atoms. The van der Waals surface area contributed by atoms with Crippen molar-refractivity contribution < 1.29 is 14.3 Å². The molecule has 0 fully saturated rings. The van der Waals surface area contributed by atoms with E-state index in [0.717, 1.165) is 16.7 Å². The van der Waals surface area contributed by atoms with Crippen LogP contribution in [0.1, 0.15) is 36.1 Å². The Hall–Kier alpha value is -2.82. The molecule has 2 amide bonds. The van der Waals surface area contributed by atoms with E-state index >= 15 is 0 Å². The van der Waals surface area contributed by atoms with Crippen molar-refractivity contribution in [2.45, 2.75) is 47.2 Å². The Kier molecular flexibility index (Phi) is 7.61. The number of benzene rings is 2. The number of carbonyl (C=O) groups excluding carboxylic acids is 2. The van der Waals surface area contributed by atoms with Gasteiger partial charge in [0, 0.05) is 13.1 Å². The van der Waals surface area contributed by atoms with Crippen molar-refractivity contribution in [1.29, 1.82) is 0 Å². The first-order valence-corrected chi connectivity index (χ1v) is 9.65. The quantitative estimate of drug-likeness (QED) is 0.760. The lowest BCUT2D eigenvalue weighted by Crippen LogP contribution is -2.49. The maximum atomic E-state index is 13.0. The van der Waals surface area contributed by atoms with Crippen LogP contribution < -0.4 is 10.1 Å². The van der Waals surface area contributed by atoms with Crippen LogP contribution in [0.2, 0.25) is 0 Å². The molecule has 0 unspecified atom stereocenters. The summed E-state index contributed by atoms with van der Waals surface area (Å²) < 4.78 is 5.72. The molecule has 0 heterocycles. The van der Waals surface area contributed by atoms with Crippen molar-refractivity contribution in [2.75, 3.05) is 13.2 Å². The number of hydrogen-bond donors (Lipinski definition) is 1. The van der Waals surface area contributed by atoms with E-state index in [0.29, 0.717) is 18.8 Å². The average molecular weight is 383 g/mol. The molecule has 0 aliphatic carbocycles. The van der Waals surface area contributed by atoms with Gasteiger partial charge in [-0.05, 0) is 69.0 Å². The highest BCUT2D eigenvalue weighted by Gasteiger charge is 2.26. The number of hydrogen-bond acceptors (Lipinski definition) is 3. The Morgan fingerprint density at radius 2 is 1.75 bits per heavy atom. The first-order valence-electron chi connectivity index (χ1n) is 9.65. The van der Waals surface area contributed by atoms with Gasteiger partial charge < -0.3 is 15.0 Å². The van der Waals surface area contributed by atoms with E-state index in [-0.39, 0.29) is 18.4 Å². The normalized spacial score (nSPS) is 11.6. The van der Waals surface area contributed by atoms with E-state index < -0.39 is 6.04 Å². The van der Waals surface area contributed by atoms with E-state index in [1.54, 1.807) is 11.8 Å². The van der Waals surface area contributed by atoms with E-state index in [2.05, 4.69) is 5.32 Å². The van der Waals surface area contributed by atoms with Gasteiger partial charge >= 0.3 is 0 Å². The van der Waals surface area contributed by atoms with Crippen molar-refractivity contribution >= 4 is 11.8 Å². The molecular formula is C23H30N2O3. The highest BCUT2D eigenvalue weighted by Crippen LogP contribution is 2.18. The number of nitrogens with one attached hydrogen (secondary N) is 1. The topological polar surface area (TPSA) is 58.6 Å². The zero-order valence-corrected chi connectivity index (χ0v) is 17.4. The van der Waals surface area contributed by atoms with Crippen molar-refractivity contribution in [3.05, 3.63) is 64.7 Å². The van der Waals surface area contributed by atoms with Crippen LogP contribution >= 0.6 is 0 Å². The molecule has 1 atom stereocenters. The number of aryl methyl sites for hydroxylation is 3. The number of nitrogens with zero attached hydrogens (tertiary/aromatic N) is 1. The monoisotopic (exact) mass is 382 g/mol. The van der Waals surface area contributed by atoms with Crippen molar-refractivity contribution in [1.82, 2.24) is 10.2 Å². The maximum Gasteiger partial charge on any atom is 0.261 e. The highest BCUT2D eigenvalue weighted by atomic mass is 16.5. The molecule has 2 aromatic carbocycles. The zero-order chi connectivity index (χ0) is 20.7. The predicted molar refractivity (Wildman–Crippen MR) is 111 cm³/mol. The van der Waals surface area contributed by atoms with Crippen LogP contribution in [0, 0.1) is 20.8 Å². The van der Waals surface area contributed by atoms with Crippen molar-refractivity contribution in [3.8, 4) is 5.75 Å². The van der Waals surface area contributed by atoms with Gasteiger partial charge in [-0.15, -0.1) is 0 Å². The standard InChI is InChI=1S/C23H30N2O3/c1-6-24-23(27)19(5)25(14-20-10-8-7-9-17(20)3)22(26)15-28-21-12-11-16(2)18(4)13-21/h7-13,19H,6,14-15H2,1-5H3,(H,24,27)/t19-/m1/s1. The van der Waals surface area contributed by atoms with Crippen LogP contribution in [-0.2, 0) is 16.1 Å². The Balaban J connectivity index is 2.16. The first kappa shape index (κ1) is 21.5. The van der Waals surface area contributed by atoms with Gasteiger partial charge in [-0.1, -0.05) is 30.3 Å². The molecule has 0 saturated heterocycles. The second-order valence-electron chi connectivity index (χ2n) is 7.05. The van der Waals surface area contributed by atoms with Gasteiger partial charge in [-0.2, -0.15) is 0 Å². The fourth-order valence-electron chi connectivity index (χ4n) is 2.91. The molecule has 0 radical (unpaired) electrons. The lowest BCUT2D eigenvalue weighted by atomic mass is 10.1. The smallest absolute Gasteiger partial charge is 0.261 e. The number of ether oxygens (including phenoxy) is 1. The minimum Gasteiger partial charge on any atom is -0.484 e. The molecule has 150 valence electrons. The third-order valence-corrected chi connectivity index (χ3v) is 4.96. The number of amides is 2. The molecule has 0 aromatic heterocycles. The second kappa shape index (κ2) is 9.93.